The van der Waals surface area contributed by atoms with Gasteiger partial charge in [-0.3, -0.25) is 0 Å². The summed E-state index contributed by atoms with van der Waals surface area (Å²) < 4.78 is 6.31. The molecule has 1 aromatic heterocycles. The monoisotopic (exact) mass is 622 g/mol. The van der Waals surface area contributed by atoms with Crippen molar-refractivity contribution in [3.63, 3.8) is 0 Å². The Labute approximate surface area is 284 Å². The lowest BCUT2D eigenvalue weighted by atomic mass is 9.83. The second kappa shape index (κ2) is 11.1. The zero-order chi connectivity index (χ0) is 32.3. The van der Waals surface area contributed by atoms with Crippen LogP contribution < -0.4 is 0 Å². The number of furan rings is 1. The van der Waals surface area contributed by atoms with Crippen molar-refractivity contribution in [3.05, 3.63) is 182 Å². The molecule has 228 valence electrons. The molecule has 0 saturated carbocycles. The fourth-order valence-corrected chi connectivity index (χ4v) is 7.95. The van der Waals surface area contributed by atoms with E-state index in [4.69, 9.17) is 4.42 Å². The van der Waals surface area contributed by atoms with E-state index in [-0.39, 0.29) is 0 Å². The third kappa shape index (κ3) is 4.33. The summed E-state index contributed by atoms with van der Waals surface area (Å²) in [5.41, 5.74) is 11.6. The summed E-state index contributed by atoms with van der Waals surface area (Å²) >= 11 is 0. The van der Waals surface area contributed by atoms with Crippen molar-refractivity contribution < 1.29 is 4.42 Å². The highest BCUT2D eigenvalue weighted by atomic mass is 16.3. The number of hydrogen-bond acceptors (Lipinski definition) is 1. The van der Waals surface area contributed by atoms with Crippen LogP contribution >= 0.6 is 0 Å². The quantitative estimate of drug-likeness (QED) is 0.178. The van der Waals surface area contributed by atoms with Crippen molar-refractivity contribution in [1.29, 1.82) is 0 Å². The van der Waals surface area contributed by atoms with E-state index in [2.05, 4.69) is 176 Å². The van der Waals surface area contributed by atoms with Crippen LogP contribution in [0, 0.1) is 0 Å². The Morgan fingerprint density at radius 2 is 0.816 bits per heavy atom. The van der Waals surface area contributed by atoms with E-state index < -0.39 is 0 Å². The highest BCUT2D eigenvalue weighted by Crippen LogP contribution is 2.48. The number of rotatable bonds is 4. The molecule has 0 radical (unpaired) electrons. The van der Waals surface area contributed by atoms with Gasteiger partial charge in [0, 0.05) is 10.8 Å². The molecule has 10 aromatic rings. The molecule has 0 N–H and O–H groups in total. The molecule has 10 rings (SSSR count). The van der Waals surface area contributed by atoms with Gasteiger partial charge in [0.25, 0.3) is 0 Å². The van der Waals surface area contributed by atoms with Crippen LogP contribution in [0.4, 0.5) is 0 Å². The maximum atomic E-state index is 6.31. The van der Waals surface area contributed by atoms with Crippen LogP contribution in [0.5, 0.6) is 0 Å². The van der Waals surface area contributed by atoms with Gasteiger partial charge in [0.2, 0.25) is 0 Å². The molecule has 9 aromatic carbocycles. The maximum Gasteiger partial charge on any atom is 0.136 e. The Kier molecular flexibility index (Phi) is 6.25. The Balaban J connectivity index is 1.30. The van der Waals surface area contributed by atoms with Crippen LogP contribution in [0.2, 0.25) is 0 Å². The van der Waals surface area contributed by atoms with Crippen LogP contribution in [0.25, 0.3) is 98.8 Å². The molecule has 0 saturated heterocycles. The molecule has 0 atom stereocenters. The van der Waals surface area contributed by atoms with Crippen LogP contribution in [-0.2, 0) is 0 Å². The Morgan fingerprint density at radius 1 is 0.265 bits per heavy atom. The smallest absolute Gasteiger partial charge is 0.136 e. The third-order valence-electron chi connectivity index (χ3n) is 10.1. The van der Waals surface area contributed by atoms with E-state index >= 15 is 0 Å². The summed E-state index contributed by atoms with van der Waals surface area (Å²) in [7, 11) is 0. The van der Waals surface area contributed by atoms with E-state index in [1.54, 1.807) is 0 Å². The van der Waals surface area contributed by atoms with E-state index in [0.717, 1.165) is 21.9 Å². The summed E-state index contributed by atoms with van der Waals surface area (Å²) in [6.07, 6.45) is 0. The lowest BCUT2D eigenvalue weighted by Crippen LogP contribution is -1.93. The Hall–Kier alpha value is -6.44. The minimum atomic E-state index is 0.912. The van der Waals surface area contributed by atoms with Crippen molar-refractivity contribution in [3.8, 4) is 44.5 Å². The second-order valence-corrected chi connectivity index (χ2v) is 12.8. The first kappa shape index (κ1) is 27.7. The Morgan fingerprint density at radius 3 is 1.57 bits per heavy atom. The van der Waals surface area contributed by atoms with Crippen molar-refractivity contribution in [2.24, 2.45) is 0 Å². The van der Waals surface area contributed by atoms with Gasteiger partial charge in [-0.1, -0.05) is 164 Å². The molecule has 0 aliphatic carbocycles. The average molecular weight is 623 g/mol. The van der Waals surface area contributed by atoms with E-state index in [1.165, 1.54) is 76.8 Å². The normalized spacial score (nSPS) is 11.7. The van der Waals surface area contributed by atoms with Gasteiger partial charge in [0.05, 0.1) is 0 Å². The zero-order valence-electron chi connectivity index (χ0n) is 26.7. The van der Waals surface area contributed by atoms with Gasteiger partial charge in [-0.05, 0) is 95.0 Å². The van der Waals surface area contributed by atoms with Gasteiger partial charge in [-0.2, -0.15) is 0 Å². The van der Waals surface area contributed by atoms with Crippen molar-refractivity contribution in [2.75, 3.05) is 0 Å². The molecule has 1 heterocycles. The number of para-hydroxylation sites is 1. The molecule has 0 fully saturated rings. The molecule has 1 heteroatoms. The lowest BCUT2D eigenvalue weighted by Gasteiger charge is -2.20. The van der Waals surface area contributed by atoms with Crippen LogP contribution in [-0.4, -0.2) is 0 Å². The molecule has 0 bridgehead atoms. The van der Waals surface area contributed by atoms with Crippen LogP contribution in [0.15, 0.2) is 186 Å². The second-order valence-electron chi connectivity index (χ2n) is 12.8. The summed E-state index contributed by atoms with van der Waals surface area (Å²) in [6.45, 7) is 0. The van der Waals surface area contributed by atoms with E-state index in [1.807, 2.05) is 6.07 Å². The van der Waals surface area contributed by atoms with Gasteiger partial charge in [-0.15, -0.1) is 0 Å². The molecule has 0 aliphatic rings. The van der Waals surface area contributed by atoms with Gasteiger partial charge >= 0.3 is 0 Å². The van der Waals surface area contributed by atoms with Gasteiger partial charge in [0.1, 0.15) is 11.2 Å². The third-order valence-corrected chi connectivity index (χ3v) is 10.1. The Bertz CT molecular complexity index is 2860. The lowest BCUT2D eigenvalue weighted by molar-refractivity contribution is 0.669. The summed E-state index contributed by atoms with van der Waals surface area (Å²) in [6, 6.07) is 65.8. The van der Waals surface area contributed by atoms with Gasteiger partial charge in [-0.25, -0.2) is 0 Å². The minimum absolute atomic E-state index is 0.912. The average Bonchev–Trinajstić information content (AvgIpc) is 3.56. The molecule has 49 heavy (non-hydrogen) atoms. The number of hydrogen-bond donors (Lipinski definition) is 0. The molecule has 0 unspecified atom stereocenters. The molecule has 1 nitrogen and oxygen atoms in total. The van der Waals surface area contributed by atoms with Crippen molar-refractivity contribution >= 4 is 54.3 Å². The molecule has 0 aliphatic heterocycles. The SMILES string of the molecule is c1ccc(-c2ccc3c(-c4ccc(-c5cccc6oc7ccccc7c56)c5ccccc45)c4ccccc4c(-c4ccccc4)c3c2)cc1. The summed E-state index contributed by atoms with van der Waals surface area (Å²) in [5.74, 6) is 0. The highest BCUT2D eigenvalue weighted by molar-refractivity contribution is 6.25. The first-order chi connectivity index (χ1) is 24.3. The molecule has 0 spiro atoms. The van der Waals surface area contributed by atoms with Gasteiger partial charge in [0.15, 0.2) is 0 Å². The highest BCUT2D eigenvalue weighted by Gasteiger charge is 2.21. The number of benzene rings is 9. The minimum Gasteiger partial charge on any atom is -0.456 e. The predicted octanol–water partition coefficient (Wildman–Crippen LogP) is 13.7. The first-order valence-electron chi connectivity index (χ1n) is 16.9. The van der Waals surface area contributed by atoms with Crippen molar-refractivity contribution in [1.82, 2.24) is 0 Å². The zero-order valence-corrected chi connectivity index (χ0v) is 26.7. The van der Waals surface area contributed by atoms with E-state index in [0.29, 0.717) is 0 Å². The van der Waals surface area contributed by atoms with Crippen LogP contribution in [0.1, 0.15) is 0 Å². The maximum absolute atomic E-state index is 6.31. The topological polar surface area (TPSA) is 13.1 Å². The summed E-state index contributed by atoms with van der Waals surface area (Å²) in [4.78, 5) is 0. The summed E-state index contributed by atoms with van der Waals surface area (Å²) in [5, 5.41) is 9.77. The van der Waals surface area contributed by atoms with Crippen LogP contribution in [0.3, 0.4) is 0 Å². The molecular weight excluding hydrogens is 593 g/mol. The first-order valence-corrected chi connectivity index (χ1v) is 16.9. The molecular formula is C48H30O. The van der Waals surface area contributed by atoms with Crippen molar-refractivity contribution in [2.45, 2.75) is 0 Å². The standard InChI is InChI=1S/C48H30O/c1-3-14-31(15-4-1)33-26-27-41-43(30-33)46(32-16-5-2-6-17-32)38-20-9-10-21-39(38)47(41)40-29-28-36(34-18-7-8-19-35(34)40)37-23-13-25-45-48(37)42-22-11-12-24-44(42)49-45/h1-30H. The predicted molar refractivity (Wildman–Crippen MR) is 208 cm³/mol. The van der Waals surface area contributed by atoms with Gasteiger partial charge < -0.3 is 4.42 Å². The number of fused-ring (bicyclic) bond motifs is 6. The van der Waals surface area contributed by atoms with E-state index in [9.17, 15) is 0 Å². The largest absolute Gasteiger partial charge is 0.456 e. The fourth-order valence-electron chi connectivity index (χ4n) is 7.95. The molecule has 0 amide bonds. The fraction of sp³-hybridized carbons (Fsp3) is 0.